The summed E-state index contributed by atoms with van der Waals surface area (Å²) >= 11 is 0. The maximum absolute atomic E-state index is 11.5. The Labute approximate surface area is 94.7 Å². The molecule has 0 atom stereocenters. The number of nitrogens with zero attached hydrogens (tertiary/aromatic N) is 3. The van der Waals surface area contributed by atoms with Gasteiger partial charge < -0.3 is 9.84 Å². The number of fused-ring (bicyclic) bond motifs is 1. The van der Waals surface area contributed by atoms with E-state index in [9.17, 15) is 4.79 Å². The number of hydrogen-bond donors (Lipinski definition) is 4. The molecule has 0 unspecified atom stereocenters. The van der Waals surface area contributed by atoms with E-state index in [1.54, 1.807) is 5.48 Å². The van der Waals surface area contributed by atoms with Crippen molar-refractivity contribution in [1.82, 2.24) is 19.5 Å². The third kappa shape index (κ3) is 2.25. The number of nitrogens with one attached hydrogen (secondary N) is 2. The van der Waals surface area contributed by atoms with Crippen LogP contribution in [-0.4, -0.2) is 43.0 Å². The van der Waals surface area contributed by atoms with Gasteiger partial charge in [-0.2, -0.15) is 4.98 Å². The smallest absolute Gasteiger partial charge is 0.280 e. The summed E-state index contributed by atoms with van der Waals surface area (Å²) in [5.41, 5.74) is 1.72. The van der Waals surface area contributed by atoms with Crippen LogP contribution in [0.4, 0.5) is 5.95 Å². The Kier molecular flexibility index (Phi) is 3.32. The lowest BCUT2D eigenvalue weighted by Crippen LogP contribution is -2.13. The number of aliphatic hydroxyl groups is 1. The molecule has 0 aliphatic rings. The number of aromatic amines is 1. The van der Waals surface area contributed by atoms with Gasteiger partial charge >= 0.3 is 0 Å². The van der Waals surface area contributed by atoms with Crippen molar-refractivity contribution < 1.29 is 15.1 Å². The molecular weight excluding hydrogens is 230 g/mol. The van der Waals surface area contributed by atoms with Crippen molar-refractivity contribution in [2.75, 3.05) is 18.7 Å². The van der Waals surface area contributed by atoms with Crippen LogP contribution in [0.25, 0.3) is 11.2 Å². The van der Waals surface area contributed by atoms with Crippen molar-refractivity contribution >= 4 is 17.1 Å². The SMILES string of the molecule is O=c1[nH]c(NO)nc2c1ncn2COCCO. The first kappa shape index (κ1) is 11.5. The summed E-state index contributed by atoms with van der Waals surface area (Å²) in [6.45, 7) is 0.191. The summed E-state index contributed by atoms with van der Waals surface area (Å²) in [6, 6.07) is 0. The van der Waals surface area contributed by atoms with E-state index in [2.05, 4.69) is 15.0 Å². The molecule has 0 saturated heterocycles. The number of ether oxygens (including phenoxy) is 1. The average Bonchev–Trinajstić information content (AvgIpc) is 2.73. The van der Waals surface area contributed by atoms with Crippen LogP contribution in [0, 0.1) is 0 Å². The van der Waals surface area contributed by atoms with Gasteiger partial charge in [-0.05, 0) is 0 Å². The molecule has 2 heterocycles. The van der Waals surface area contributed by atoms with Crippen LogP contribution < -0.4 is 11.0 Å². The molecule has 9 nitrogen and oxygen atoms in total. The van der Waals surface area contributed by atoms with E-state index in [1.165, 1.54) is 10.9 Å². The summed E-state index contributed by atoms with van der Waals surface area (Å²) in [5.74, 6) is -0.0774. The number of anilines is 1. The van der Waals surface area contributed by atoms with Gasteiger partial charge in [0.25, 0.3) is 5.56 Å². The Morgan fingerprint density at radius 1 is 1.59 bits per heavy atom. The zero-order chi connectivity index (χ0) is 12.3. The molecule has 17 heavy (non-hydrogen) atoms. The first-order valence-electron chi connectivity index (χ1n) is 4.80. The molecule has 92 valence electrons. The van der Waals surface area contributed by atoms with E-state index in [-0.39, 0.29) is 37.1 Å². The molecule has 4 N–H and O–H groups in total. The summed E-state index contributed by atoms with van der Waals surface area (Å²) in [7, 11) is 0. The van der Waals surface area contributed by atoms with Crippen LogP contribution in [0.2, 0.25) is 0 Å². The number of aliphatic hydroxyl groups excluding tert-OH is 1. The van der Waals surface area contributed by atoms with Crippen LogP contribution in [-0.2, 0) is 11.5 Å². The molecule has 0 amide bonds. The fourth-order valence-electron chi connectivity index (χ4n) is 1.33. The van der Waals surface area contributed by atoms with E-state index in [0.717, 1.165) is 0 Å². The van der Waals surface area contributed by atoms with Crippen LogP contribution in [0.3, 0.4) is 0 Å². The van der Waals surface area contributed by atoms with Gasteiger partial charge in [0.2, 0.25) is 5.95 Å². The number of imidazole rings is 1. The van der Waals surface area contributed by atoms with E-state index in [4.69, 9.17) is 15.1 Å². The molecule has 0 spiro atoms. The third-order valence-corrected chi connectivity index (χ3v) is 2.05. The first-order valence-corrected chi connectivity index (χ1v) is 4.80. The second-order valence-corrected chi connectivity index (χ2v) is 3.17. The Morgan fingerprint density at radius 3 is 3.12 bits per heavy atom. The summed E-state index contributed by atoms with van der Waals surface area (Å²) in [6.07, 6.45) is 1.39. The van der Waals surface area contributed by atoms with Gasteiger partial charge in [0.05, 0.1) is 19.5 Å². The maximum atomic E-state index is 11.5. The molecule has 2 rings (SSSR count). The molecule has 0 radical (unpaired) electrons. The molecule has 0 saturated carbocycles. The van der Waals surface area contributed by atoms with E-state index >= 15 is 0 Å². The highest BCUT2D eigenvalue weighted by Crippen LogP contribution is 2.07. The Morgan fingerprint density at radius 2 is 2.41 bits per heavy atom. The van der Waals surface area contributed by atoms with E-state index in [1.807, 2.05) is 0 Å². The second kappa shape index (κ2) is 4.91. The lowest BCUT2D eigenvalue weighted by molar-refractivity contribution is 0.0499. The molecular formula is C8H11N5O4. The zero-order valence-electron chi connectivity index (χ0n) is 8.75. The monoisotopic (exact) mass is 241 g/mol. The van der Waals surface area contributed by atoms with Gasteiger partial charge in [0.15, 0.2) is 11.2 Å². The number of hydrogen-bond acceptors (Lipinski definition) is 7. The molecule has 0 aromatic carbocycles. The molecule has 9 heteroatoms. The van der Waals surface area contributed by atoms with Crippen molar-refractivity contribution in [2.24, 2.45) is 0 Å². The van der Waals surface area contributed by atoms with Crippen molar-refractivity contribution in [3.8, 4) is 0 Å². The predicted molar refractivity (Wildman–Crippen MR) is 56.6 cm³/mol. The van der Waals surface area contributed by atoms with Crippen molar-refractivity contribution in [1.29, 1.82) is 0 Å². The lowest BCUT2D eigenvalue weighted by atomic mass is 10.5. The zero-order valence-corrected chi connectivity index (χ0v) is 8.75. The quantitative estimate of drug-likeness (QED) is 0.386. The lowest BCUT2D eigenvalue weighted by Gasteiger charge is -2.04. The number of H-pyrrole nitrogens is 1. The minimum Gasteiger partial charge on any atom is -0.394 e. The van der Waals surface area contributed by atoms with Gasteiger partial charge in [0.1, 0.15) is 6.73 Å². The van der Waals surface area contributed by atoms with Gasteiger partial charge in [-0.25, -0.2) is 10.5 Å². The minimum atomic E-state index is -0.465. The number of rotatable bonds is 5. The summed E-state index contributed by atoms with van der Waals surface area (Å²) < 4.78 is 6.57. The van der Waals surface area contributed by atoms with Crippen LogP contribution in [0.5, 0.6) is 0 Å². The third-order valence-electron chi connectivity index (χ3n) is 2.05. The molecule has 0 aliphatic carbocycles. The molecule has 2 aromatic heterocycles. The van der Waals surface area contributed by atoms with Crippen molar-refractivity contribution in [3.05, 3.63) is 16.7 Å². The highest BCUT2D eigenvalue weighted by molar-refractivity contribution is 5.70. The standard InChI is InChI=1S/C8H11N5O4/c14-1-2-17-4-13-3-9-5-6(13)10-8(12-16)11-7(5)15/h3,14,16H,1-2,4H2,(H2,10,11,12,15). The van der Waals surface area contributed by atoms with Gasteiger partial charge in [-0.15, -0.1) is 0 Å². The molecule has 0 aliphatic heterocycles. The average molecular weight is 241 g/mol. The Bertz CT molecular complexity index is 563. The minimum absolute atomic E-state index is 0.0774. The fourth-order valence-corrected chi connectivity index (χ4v) is 1.33. The highest BCUT2D eigenvalue weighted by atomic mass is 16.5. The van der Waals surface area contributed by atoms with Gasteiger partial charge in [0, 0.05) is 0 Å². The number of aromatic nitrogens is 4. The largest absolute Gasteiger partial charge is 0.394 e. The van der Waals surface area contributed by atoms with Crippen molar-refractivity contribution in [3.63, 3.8) is 0 Å². The van der Waals surface area contributed by atoms with Crippen LogP contribution in [0.15, 0.2) is 11.1 Å². The fraction of sp³-hybridized carbons (Fsp3) is 0.375. The maximum Gasteiger partial charge on any atom is 0.280 e. The van der Waals surface area contributed by atoms with Gasteiger partial charge in [-0.1, -0.05) is 0 Å². The molecule has 2 aromatic rings. The second-order valence-electron chi connectivity index (χ2n) is 3.17. The normalized spacial score (nSPS) is 10.9. The summed E-state index contributed by atoms with van der Waals surface area (Å²) in [5, 5.41) is 17.3. The van der Waals surface area contributed by atoms with E-state index < -0.39 is 5.56 Å². The Hall–Kier alpha value is -1.97. The topological polar surface area (TPSA) is 125 Å². The van der Waals surface area contributed by atoms with Crippen LogP contribution >= 0.6 is 0 Å². The highest BCUT2D eigenvalue weighted by Gasteiger charge is 2.09. The summed E-state index contributed by atoms with van der Waals surface area (Å²) in [4.78, 5) is 21.6. The van der Waals surface area contributed by atoms with Crippen molar-refractivity contribution in [2.45, 2.75) is 6.73 Å². The molecule has 0 fully saturated rings. The molecule has 0 bridgehead atoms. The van der Waals surface area contributed by atoms with Crippen LogP contribution in [0.1, 0.15) is 0 Å². The van der Waals surface area contributed by atoms with Gasteiger partial charge in [-0.3, -0.25) is 19.6 Å². The predicted octanol–water partition coefficient (Wildman–Crippen LogP) is -1.11. The first-order chi connectivity index (χ1) is 8.26. The van der Waals surface area contributed by atoms with E-state index in [0.29, 0.717) is 0 Å². The Balaban J connectivity index is 2.37.